The molecule has 0 aliphatic carbocycles. The summed E-state index contributed by atoms with van der Waals surface area (Å²) >= 11 is 3.12. The average molecular weight is 355 g/mol. The fraction of sp³-hybridized carbons (Fsp3) is 0. The Balaban J connectivity index is 2.21. The third kappa shape index (κ3) is 3.63. The fourth-order valence-electron chi connectivity index (χ4n) is 1.44. The van der Waals surface area contributed by atoms with E-state index < -0.39 is 15.5 Å². The molecule has 9 nitrogen and oxygen atoms in total. The van der Waals surface area contributed by atoms with Crippen LogP contribution >= 0.6 is 15.9 Å². The van der Waals surface area contributed by atoms with Crippen molar-refractivity contribution in [3.05, 3.63) is 61.0 Å². The summed E-state index contributed by atoms with van der Waals surface area (Å²) in [5, 5.41) is 25.3. The molecule has 1 N–H and O–H groups in total. The molecule has 0 saturated carbocycles. The molecule has 0 unspecified atom stereocenters. The normalized spacial score (nSPS) is 10.7. The summed E-state index contributed by atoms with van der Waals surface area (Å²) in [6, 6.07) is 6.52. The lowest BCUT2D eigenvalue weighted by Crippen LogP contribution is -1.98. The lowest BCUT2D eigenvalue weighted by molar-refractivity contribution is -0.393. The third-order valence-electron chi connectivity index (χ3n) is 2.36. The van der Waals surface area contributed by atoms with Crippen LogP contribution in [0.3, 0.4) is 0 Å². The Labute approximate surface area is 125 Å². The molecule has 0 aliphatic rings. The number of nitrogens with zero attached hydrogens (tertiary/aromatic N) is 3. The molecule has 0 radical (unpaired) electrons. The van der Waals surface area contributed by atoms with Gasteiger partial charge in [-0.05, 0) is 34.1 Å². The van der Waals surface area contributed by atoms with Gasteiger partial charge in [-0.15, -0.1) is 0 Å². The monoisotopic (exact) mass is 354 g/mol. The Hall–Kier alpha value is -2.75. The van der Waals surface area contributed by atoms with E-state index in [0.717, 1.165) is 12.1 Å². The van der Waals surface area contributed by atoms with Gasteiger partial charge in [-0.3, -0.25) is 25.7 Å². The maximum atomic E-state index is 10.9. The van der Waals surface area contributed by atoms with Crippen molar-refractivity contribution in [2.45, 2.75) is 0 Å². The highest BCUT2D eigenvalue weighted by atomic mass is 79.9. The van der Waals surface area contributed by atoms with Gasteiger partial charge in [-0.1, -0.05) is 0 Å². The first-order chi connectivity index (χ1) is 9.97. The first kappa shape index (κ1) is 14.7. The van der Waals surface area contributed by atoms with Crippen LogP contribution in [0, 0.1) is 20.2 Å². The summed E-state index contributed by atoms with van der Waals surface area (Å²) in [6.45, 7) is 0. The topological polar surface area (TPSA) is 124 Å². The van der Waals surface area contributed by atoms with E-state index >= 15 is 0 Å². The molecule has 1 aromatic carbocycles. The Morgan fingerprint density at radius 1 is 1.19 bits per heavy atom. The van der Waals surface area contributed by atoms with Crippen LogP contribution in [0.25, 0.3) is 0 Å². The molecule has 2 rings (SSSR count). The lowest BCUT2D eigenvalue weighted by Gasteiger charge is -2.01. The van der Waals surface area contributed by atoms with Crippen LogP contribution < -0.4 is 5.43 Å². The van der Waals surface area contributed by atoms with E-state index in [2.05, 4.69) is 26.5 Å². The van der Waals surface area contributed by atoms with Gasteiger partial charge < -0.3 is 4.42 Å². The molecule has 0 saturated heterocycles. The van der Waals surface area contributed by atoms with Gasteiger partial charge in [0.2, 0.25) is 0 Å². The zero-order chi connectivity index (χ0) is 15.4. The number of non-ortho nitro benzene ring substituents is 1. The van der Waals surface area contributed by atoms with E-state index in [-0.39, 0.29) is 11.4 Å². The van der Waals surface area contributed by atoms with Crippen LogP contribution in [0.1, 0.15) is 5.76 Å². The number of halogens is 1. The lowest BCUT2D eigenvalue weighted by atomic mass is 10.2. The first-order valence-electron chi connectivity index (χ1n) is 5.44. The van der Waals surface area contributed by atoms with Crippen LogP contribution in [0.2, 0.25) is 0 Å². The number of hydrogen-bond acceptors (Lipinski definition) is 7. The zero-order valence-corrected chi connectivity index (χ0v) is 11.8. The average Bonchev–Trinajstić information content (AvgIpc) is 2.84. The van der Waals surface area contributed by atoms with E-state index in [0.29, 0.717) is 10.4 Å². The van der Waals surface area contributed by atoms with Gasteiger partial charge in [0.25, 0.3) is 5.69 Å². The van der Waals surface area contributed by atoms with Crippen molar-refractivity contribution in [2.24, 2.45) is 5.10 Å². The van der Waals surface area contributed by atoms with Crippen LogP contribution in [-0.4, -0.2) is 16.1 Å². The van der Waals surface area contributed by atoms with Crippen molar-refractivity contribution in [3.8, 4) is 0 Å². The first-order valence-corrected chi connectivity index (χ1v) is 6.24. The third-order valence-corrected chi connectivity index (χ3v) is 2.79. The minimum Gasteiger partial charge on any atom is -0.448 e. The minimum absolute atomic E-state index is 0.0347. The number of rotatable bonds is 5. The standard InChI is InChI=1S/C11H7BrN4O5/c12-11-4-2-8(21-11)6-13-14-9-3-1-7(15(17)18)5-10(9)16(19)20/h1-6,14H/b13-6-. The van der Waals surface area contributed by atoms with Crippen LogP contribution in [-0.2, 0) is 0 Å². The SMILES string of the molecule is O=[N+]([O-])c1ccc(N/N=C\c2ccc(Br)o2)c([N+](=O)[O-])c1. The summed E-state index contributed by atoms with van der Waals surface area (Å²) in [5.41, 5.74) is 1.67. The highest BCUT2D eigenvalue weighted by Gasteiger charge is 2.19. The van der Waals surface area contributed by atoms with Gasteiger partial charge in [0.1, 0.15) is 11.4 Å². The maximum absolute atomic E-state index is 10.9. The summed E-state index contributed by atoms with van der Waals surface area (Å²) in [4.78, 5) is 20.1. The number of nitrogens with one attached hydrogen (secondary N) is 1. The van der Waals surface area contributed by atoms with E-state index in [1.165, 1.54) is 12.3 Å². The molecule has 0 aliphatic heterocycles. The number of benzene rings is 1. The Kier molecular flexibility index (Phi) is 4.28. The summed E-state index contributed by atoms with van der Waals surface area (Å²) in [6.07, 6.45) is 1.32. The second-order valence-corrected chi connectivity index (χ2v) is 4.51. The van der Waals surface area contributed by atoms with Gasteiger partial charge in [0.05, 0.1) is 22.1 Å². The van der Waals surface area contributed by atoms with Gasteiger partial charge in [-0.2, -0.15) is 5.10 Å². The smallest absolute Gasteiger partial charge is 0.301 e. The summed E-state index contributed by atoms with van der Waals surface area (Å²) < 4.78 is 5.67. The number of anilines is 1. The molecule has 0 fully saturated rings. The van der Waals surface area contributed by atoms with Crippen molar-refractivity contribution in [1.82, 2.24) is 0 Å². The quantitative estimate of drug-likeness (QED) is 0.498. The predicted octanol–water partition coefficient (Wildman–Crippen LogP) is 3.30. The number of hydrogen-bond donors (Lipinski definition) is 1. The van der Waals surface area contributed by atoms with Crippen molar-refractivity contribution in [1.29, 1.82) is 0 Å². The molecule has 0 bridgehead atoms. The molecular weight excluding hydrogens is 348 g/mol. The highest BCUT2D eigenvalue weighted by molar-refractivity contribution is 9.10. The van der Waals surface area contributed by atoms with E-state index in [4.69, 9.17) is 4.42 Å². The molecular formula is C11H7BrN4O5. The summed E-state index contributed by atoms with van der Waals surface area (Å²) in [5.74, 6) is 0.430. The molecule has 2 aromatic rings. The molecule has 0 amide bonds. The Morgan fingerprint density at radius 2 is 1.95 bits per heavy atom. The fourth-order valence-corrected chi connectivity index (χ4v) is 1.76. The van der Waals surface area contributed by atoms with Crippen LogP contribution in [0.5, 0.6) is 0 Å². The molecule has 108 valence electrons. The van der Waals surface area contributed by atoms with Gasteiger partial charge >= 0.3 is 5.69 Å². The van der Waals surface area contributed by atoms with Crippen molar-refractivity contribution >= 4 is 39.2 Å². The second-order valence-electron chi connectivity index (χ2n) is 3.73. The van der Waals surface area contributed by atoms with Gasteiger partial charge in [0, 0.05) is 6.07 Å². The van der Waals surface area contributed by atoms with Crippen LogP contribution in [0.15, 0.2) is 44.5 Å². The molecule has 21 heavy (non-hydrogen) atoms. The van der Waals surface area contributed by atoms with Gasteiger partial charge in [-0.25, -0.2) is 0 Å². The van der Waals surface area contributed by atoms with Gasteiger partial charge in [0.15, 0.2) is 4.67 Å². The van der Waals surface area contributed by atoms with E-state index in [1.807, 2.05) is 0 Å². The summed E-state index contributed by atoms with van der Waals surface area (Å²) in [7, 11) is 0. The van der Waals surface area contributed by atoms with E-state index in [9.17, 15) is 20.2 Å². The predicted molar refractivity (Wildman–Crippen MR) is 77.4 cm³/mol. The molecule has 0 spiro atoms. The zero-order valence-electron chi connectivity index (χ0n) is 10.2. The molecule has 1 aromatic heterocycles. The number of nitro benzene ring substituents is 2. The highest BCUT2D eigenvalue weighted by Crippen LogP contribution is 2.28. The number of furan rings is 1. The number of hydrazone groups is 1. The molecule has 1 heterocycles. The van der Waals surface area contributed by atoms with Crippen molar-refractivity contribution in [3.63, 3.8) is 0 Å². The van der Waals surface area contributed by atoms with Crippen molar-refractivity contribution < 1.29 is 14.3 Å². The minimum atomic E-state index is -0.728. The largest absolute Gasteiger partial charge is 0.448 e. The Morgan fingerprint density at radius 3 is 2.52 bits per heavy atom. The second kappa shape index (κ2) is 6.13. The number of nitro groups is 2. The maximum Gasteiger partial charge on any atom is 0.301 e. The van der Waals surface area contributed by atoms with Crippen molar-refractivity contribution in [2.75, 3.05) is 5.43 Å². The Bertz CT molecular complexity index is 727. The van der Waals surface area contributed by atoms with Crippen LogP contribution in [0.4, 0.5) is 17.1 Å². The molecule has 10 heteroatoms. The van der Waals surface area contributed by atoms with E-state index in [1.54, 1.807) is 12.1 Å². The molecule has 0 atom stereocenters.